The van der Waals surface area contributed by atoms with E-state index in [0.29, 0.717) is 6.54 Å². The van der Waals surface area contributed by atoms with Gasteiger partial charge in [-0.25, -0.2) is 4.98 Å². The summed E-state index contributed by atoms with van der Waals surface area (Å²) >= 11 is 6.05. The van der Waals surface area contributed by atoms with Crippen LogP contribution in [0.15, 0.2) is 47.6 Å². The number of guanidine groups is 1. The summed E-state index contributed by atoms with van der Waals surface area (Å²) < 4.78 is 0. The van der Waals surface area contributed by atoms with Gasteiger partial charge in [-0.05, 0) is 48.4 Å². The van der Waals surface area contributed by atoms with Crippen LogP contribution in [-0.4, -0.2) is 62.2 Å². The van der Waals surface area contributed by atoms with Crippen LogP contribution in [-0.2, 0) is 13.0 Å². The number of aromatic nitrogens is 1. The summed E-state index contributed by atoms with van der Waals surface area (Å²) in [7, 11) is 1.79. The zero-order valence-corrected chi connectivity index (χ0v) is 18.1. The maximum Gasteiger partial charge on any atom is 0.191 e. The first-order chi connectivity index (χ1) is 14.2. The molecule has 2 heterocycles. The third kappa shape index (κ3) is 6.61. The number of likely N-dealkylation sites (N-methyl/N-ethyl adjacent to an activating group) is 1. The van der Waals surface area contributed by atoms with Gasteiger partial charge in [-0.3, -0.25) is 4.99 Å². The van der Waals surface area contributed by atoms with Crippen molar-refractivity contribution in [1.29, 1.82) is 0 Å². The second-order valence-electron chi connectivity index (χ2n) is 7.18. The first kappa shape index (κ1) is 21.4. The average Bonchev–Trinajstić information content (AvgIpc) is 2.76. The molecule has 0 radical (unpaired) electrons. The molecule has 29 heavy (non-hydrogen) atoms. The maximum absolute atomic E-state index is 6.05. The lowest BCUT2D eigenvalue weighted by molar-refractivity contribution is 0.270. The fourth-order valence-electron chi connectivity index (χ4n) is 3.46. The Bertz CT molecular complexity index is 801. The molecule has 0 saturated carbocycles. The Morgan fingerprint density at radius 1 is 1.10 bits per heavy atom. The normalized spacial score (nSPS) is 15.4. The van der Waals surface area contributed by atoms with Crippen LogP contribution in [0.1, 0.15) is 18.1 Å². The van der Waals surface area contributed by atoms with Gasteiger partial charge in [0.2, 0.25) is 0 Å². The highest BCUT2D eigenvalue weighted by atomic mass is 35.5. The van der Waals surface area contributed by atoms with E-state index in [4.69, 9.17) is 11.6 Å². The fraction of sp³-hybridized carbons (Fsp3) is 0.455. The highest BCUT2D eigenvalue weighted by molar-refractivity contribution is 6.30. The Morgan fingerprint density at radius 3 is 2.66 bits per heavy atom. The fourth-order valence-corrected chi connectivity index (χ4v) is 3.67. The number of benzene rings is 1. The standard InChI is InChI=1S/C22H31ClN6/c1-3-28-11-13-29(14-12-28)21-16-19(8-9-25-21)17-27-22(24-2)26-10-7-18-5-4-6-20(23)15-18/h4-6,8-9,15-16H,3,7,10-14,17H2,1-2H3,(H2,24,26,27). The molecule has 0 atom stereocenters. The van der Waals surface area contributed by atoms with Crippen molar-refractivity contribution >= 4 is 23.4 Å². The molecular formula is C22H31ClN6. The lowest BCUT2D eigenvalue weighted by Crippen LogP contribution is -2.46. The van der Waals surface area contributed by atoms with Gasteiger partial charge >= 0.3 is 0 Å². The molecule has 0 unspecified atom stereocenters. The van der Waals surface area contributed by atoms with Crippen molar-refractivity contribution < 1.29 is 0 Å². The predicted octanol–water partition coefficient (Wildman–Crippen LogP) is 2.78. The van der Waals surface area contributed by atoms with Crippen LogP contribution in [0.5, 0.6) is 0 Å². The third-order valence-corrected chi connectivity index (χ3v) is 5.47. The summed E-state index contributed by atoms with van der Waals surface area (Å²) in [6.45, 7) is 9.11. The first-order valence-electron chi connectivity index (χ1n) is 10.3. The van der Waals surface area contributed by atoms with Gasteiger partial charge in [-0.1, -0.05) is 30.7 Å². The van der Waals surface area contributed by atoms with E-state index >= 15 is 0 Å². The number of nitrogens with zero attached hydrogens (tertiary/aromatic N) is 4. The highest BCUT2D eigenvalue weighted by Gasteiger charge is 2.16. The molecule has 2 N–H and O–H groups in total. The predicted molar refractivity (Wildman–Crippen MR) is 122 cm³/mol. The molecule has 1 saturated heterocycles. The quantitative estimate of drug-likeness (QED) is 0.539. The van der Waals surface area contributed by atoms with Gasteiger partial charge in [0, 0.05) is 57.5 Å². The molecule has 6 nitrogen and oxygen atoms in total. The minimum atomic E-state index is 0.710. The van der Waals surface area contributed by atoms with Crippen LogP contribution < -0.4 is 15.5 Å². The molecular weight excluding hydrogens is 384 g/mol. The molecule has 2 aromatic rings. The lowest BCUT2D eigenvalue weighted by Gasteiger charge is -2.34. The van der Waals surface area contributed by atoms with E-state index < -0.39 is 0 Å². The van der Waals surface area contributed by atoms with Crippen LogP contribution in [0.3, 0.4) is 0 Å². The molecule has 1 aromatic carbocycles. The van der Waals surface area contributed by atoms with Crippen molar-refractivity contribution in [2.45, 2.75) is 19.9 Å². The lowest BCUT2D eigenvalue weighted by atomic mass is 10.1. The number of aliphatic imine (C=N–C) groups is 1. The van der Waals surface area contributed by atoms with Gasteiger partial charge < -0.3 is 20.4 Å². The SMILES string of the molecule is CCN1CCN(c2cc(CNC(=NC)NCCc3cccc(Cl)c3)ccn2)CC1. The molecule has 1 fully saturated rings. The number of anilines is 1. The Labute approximate surface area is 179 Å². The number of pyridine rings is 1. The van der Waals surface area contributed by atoms with Gasteiger partial charge in [0.1, 0.15) is 5.82 Å². The molecule has 0 bridgehead atoms. The number of halogens is 1. The minimum absolute atomic E-state index is 0.710. The minimum Gasteiger partial charge on any atom is -0.356 e. The number of rotatable bonds is 7. The molecule has 1 aromatic heterocycles. The Hall–Kier alpha value is -2.31. The van der Waals surface area contributed by atoms with Crippen molar-refractivity contribution in [2.24, 2.45) is 4.99 Å². The number of piperazine rings is 1. The zero-order chi connectivity index (χ0) is 20.5. The summed E-state index contributed by atoms with van der Waals surface area (Å²) in [5.74, 6) is 1.85. The zero-order valence-electron chi connectivity index (χ0n) is 17.4. The monoisotopic (exact) mass is 414 g/mol. The topological polar surface area (TPSA) is 55.8 Å². The number of nitrogens with one attached hydrogen (secondary N) is 2. The van der Waals surface area contributed by atoms with Gasteiger partial charge in [-0.15, -0.1) is 0 Å². The number of hydrogen-bond acceptors (Lipinski definition) is 4. The Morgan fingerprint density at radius 2 is 1.93 bits per heavy atom. The average molecular weight is 415 g/mol. The van der Waals surface area contributed by atoms with Crippen molar-refractivity contribution in [3.8, 4) is 0 Å². The third-order valence-electron chi connectivity index (χ3n) is 5.23. The van der Waals surface area contributed by atoms with Crippen LogP contribution in [0.2, 0.25) is 5.02 Å². The maximum atomic E-state index is 6.05. The smallest absolute Gasteiger partial charge is 0.191 e. The van der Waals surface area contributed by atoms with Crippen LogP contribution >= 0.6 is 11.6 Å². The van der Waals surface area contributed by atoms with Crippen molar-refractivity contribution in [2.75, 3.05) is 51.2 Å². The first-order valence-corrected chi connectivity index (χ1v) is 10.7. The van der Waals surface area contributed by atoms with Crippen molar-refractivity contribution in [3.63, 3.8) is 0 Å². The second kappa shape index (κ2) is 11.0. The van der Waals surface area contributed by atoms with E-state index in [1.807, 2.05) is 24.4 Å². The van der Waals surface area contributed by atoms with Gasteiger partial charge in [-0.2, -0.15) is 0 Å². The van der Waals surface area contributed by atoms with E-state index in [2.05, 4.69) is 55.5 Å². The number of hydrogen-bond donors (Lipinski definition) is 2. The molecule has 0 spiro atoms. The molecule has 1 aliphatic rings. The second-order valence-corrected chi connectivity index (χ2v) is 7.61. The van der Waals surface area contributed by atoms with Crippen molar-refractivity contribution in [1.82, 2.24) is 20.5 Å². The van der Waals surface area contributed by atoms with Crippen molar-refractivity contribution in [3.05, 3.63) is 58.7 Å². The summed E-state index contributed by atoms with van der Waals surface area (Å²) in [5, 5.41) is 7.52. The van der Waals surface area contributed by atoms with E-state index in [1.165, 1.54) is 11.1 Å². The molecule has 1 aliphatic heterocycles. The highest BCUT2D eigenvalue weighted by Crippen LogP contribution is 2.15. The summed E-state index contributed by atoms with van der Waals surface area (Å²) in [6, 6.07) is 12.2. The van der Waals surface area contributed by atoms with E-state index in [-0.39, 0.29) is 0 Å². The van der Waals surface area contributed by atoms with Gasteiger partial charge in [0.15, 0.2) is 5.96 Å². The largest absolute Gasteiger partial charge is 0.356 e. The molecule has 156 valence electrons. The molecule has 0 aliphatic carbocycles. The summed E-state index contributed by atoms with van der Waals surface area (Å²) in [5.41, 5.74) is 2.41. The van der Waals surface area contributed by atoms with E-state index in [9.17, 15) is 0 Å². The van der Waals surface area contributed by atoms with E-state index in [0.717, 1.165) is 62.5 Å². The van der Waals surface area contributed by atoms with Gasteiger partial charge in [0.25, 0.3) is 0 Å². The molecule has 3 rings (SSSR count). The van der Waals surface area contributed by atoms with Crippen LogP contribution in [0.4, 0.5) is 5.82 Å². The summed E-state index contributed by atoms with van der Waals surface area (Å²) in [6.07, 6.45) is 2.79. The molecule has 0 amide bonds. The Balaban J connectivity index is 1.47. The molecule has 7 heteroatoms. The summed E-state index contributed by atoms with van der Waals surface area (Å²) in [4.78, 5) is 13.7. The van der Waals surface area contributed by atoms with Crippen LogP contribution in [0, 0.1) is 0 Å². The van der Waals surface area contributed by atoms with Gasteiger partial charge in [0.05, 0.1) is 0 Å². The van der Waals surface area contributed by atoms with E-state index in [1.54, 1.807) is 7.05 Å². The van der Waals surface area contributed by atoms with Crippen LogP contribution in [0.25, 0.3) is 0 Å². The Kier molecular flexibility index (Phi) is 8.14.